The van der Waals surface area contributed by atoms with Crippen molar-refractivity contribution in [3.05, 3.63) is 59.7 Å². The lowest BCUT2D eigenvalue weighted by atomic mass is 10.1. The first-order chi connectivity index (χ1) is 13.3. The summed E-state index contributed by atoms with van der Waals surface area (Å²) in [5.41, 5.74) is 2.29. The van der Waals surface area contributed by atoms with Gasteiger partial charge in [0.1, 0.15) is 6.61 Å². The Bertz CT molecular complexity index is 642. The van der Waals surface area contributed by atoms with Gasteiger partial charge in [0.2, 0.25) is 0 Å². The highest BCUT2D eigenvalue weighted by atomic mass is 16.5. The highest BCUT2D eigenvalue weighted by Crippen LogP contribution is 2.32. The Balaban J connectivity index is 1.94. The summed E-state index contributed by atoms with van der Waals surface area (Å²) in [5, 5.41) is 3.55. The van der Waals surface area contributed by atoms with Crippen molar-refractivity contribution in [3.8, 4) is 11.5 Å². The van der Waals surface area contributed by atoms with Crippen molar-refractivity contribution in [1.29, 1.82) is 0 Å². The van der Waals surface area contributed by atoms with Crippen molar-refractivity contribution in [1.82, 2.24) is 10.2 Å². The molecule has 0 unspecified atom stereocenters. The van der Waals surface area contributed by atoms with Gasteiger partial charge in [0, 0.05) is 12.1 Å². The third-order valence-electron chi connectivity index (χ3n) is 4.62. The van der Waals surface area contributed by atoms with E-state index in [1.54, 1.807) is 0 Å². The molecule has 0 saturated carbocycles. The largest absolute Gasteiger partial charge is 0.490 e. The first kappa shape index (κ1) is 21.3. The van der Waals surface area contributed by atoms with Gasteiger partial charge in [-0.3, -0.25) is 0 Å². The molecule has 1 N–H and O–H groups in total. The average molecular weight is 371 g/mol. The summed E-state index contributed by atoms with van der Waals surface area (Å²) in [6.45, 7) is 12.7. The van der Waals surface area contributed by atoms with Crippen molar-refractivity contribution in [2.45, 2.75) is 40.3 Å². The van der Waals surface area contributed by atoms with E-state index in [4.69, 9.17) is 9.47 Å². The molecule has 0 saturated heterocycles. The minimum atomic E-state index is 0.542. The average Bonchev–Trinajstić information content (AvgIpc) is 2.71. The van der Waals surface area contributed by atoms with Crippen LogP contribution in [0.3, 0.4) is 0 Å². The van der Waals surface area contributed by atoms with Crippen molar-refractivity contribution in [2.24, 2.45) is 0 Å². The number of rotatable bonds is 13. The number of nitrogens with one attached hydrogen (secondary N) is 1. The standard InChI is InChI=1S/C23H34N2O2/c1-4-25(5-2)17-11-16-24-18-21-14-10-15-22(26-6-3)23(21)27-19-20-12-8-7-9-13-20/h7-10,12-15,24H,4-6,11,16-19H2,1-3H3. The fourth-order valence-electron chi connectivity index (χ4n) is 3.05. The van der Waals surface area contributed by atoms with Crippen LogP contribution in [0.1, 0.15) is 38.3 Å². The molecular weight excluding hydrogens is 336 g/mol. The van der Waals surface area contributed by atoms with Gasteiger partial charge in [0.05, 0.1) is 6.61 Å². The minimum absolute atomic E-state index is 0.542. The summed E-state index contributed by atoms with van der Waals surface area (Å²) in [5.74, 6) is 1.66. The monoisotopic (exact) mass is 370 g/mol. The van der Waals surface area contributed by atoms with Crippen molar-refractivity contribution >= 4 is 0 Å². The Labute approximate surface area is 164 Å². The van der Waals surface area contributed by atoms with E-state index in [9.17, 15) is 0 Å². The molecule has 0 fully saturated rings. The smallest absolute Gasteiger partial charge is 0.166 e. The van der Waals surface area contributed by atoms with Crippen LogP contribution in [0.2, 0.25) is 0 Å². The van der Waals surface area contributed by atoms with E-state index >= 15 is 0 Å². The zero-order valence-electron chi connectivity index (χ0n) is 17.0. The molecule has 0 heterocycles. The Kier molecular flexibility index (Phi) is 9.74. The second-order valence-electron chi connectivity index (χ2n) is 6.51. The van der Waals surface area contributed by atoms with Gasteiger partial charge in [-0.1, -0.05) is 56.3 Å². The molecule has 2 rings (SSSR count). The summed E-state index contributed by atoms with van der Waals surface area (Å²) in [4.78, 5) is 2.45. The quantitative estimate of drug-likeness (QED) is 0.527. The SMILES string of the molecule is CCOc1cccc(CNCCCN(CC)CC)c1OCc1ccccc1. The number of benzene rings is 2. The van der Waals surface area contributed by atoms with Crippen LogP contribution in [-0.2, 0) is 13.2 Å². The van der Waals surface area contributed by atoms with Crippen LogP contribution in [-0.4, -0.2) is 37.7 Å². The van der Waals surface area contributed by atoms with E-state index < -0.39 is 0 Å². The zero-order chi connectivity index (χ0) is 19.3. The van der Waals surface area contributed by atoms with Crippen LogP contribution in [0.15, 0.2) is 48.5 Å². The van der Waals surface area contributed by atoms with Gasteiger partial charge < -0.3 is 19.7 Å². The maximum atomic E-state index is 6.16. The first-order valence-corrected chi connectivity index (χ1v) is 10.1. The number of hydrogen-bond donors (Lipinski definition) is 1. The van der Waals surface area contributed by atoms with Crippen LogP contribution in [0.5, 0.6) is 11.5 Å². The molecule has 0 bridgehead atoms. The predicted octanol–water partition coefficient (Wildman–Crippen LogP) is 4.49. The fraction of sp³-hybridized carbons (Fsp3) is 0.478. The van der Waals surface area contributed by atoms with Crippen LogP contribution in [0, 0.1) is 0 Å². The molecule has 148 valence electrons. The Hall–Kier alpha value is -2.04. The molecule has 0 aliphatic rings. The number of nitrogens with zero attached hydrogens (tertiary/aromatic N) is 1. The van der Waals surface area contributed by atoms with Gasteiger partial charge in [0.25, 0.3) is 0 Å². The molecule has 27 heavy (non-hydrogen) atoms. The molecule has 4 nitrogen and oxygen atoms in total. The van der Waals surface area contributed by atoms with Gasteiger partial charge in [-0.2, -0.15) is 0 Å². The van der Waals surface area contributed by atoms with Crippen molar-refractivity contribution in [2.75, 3.05) is 32.8 Å². The number of para-hydroxylation sites is 1. The summed E-state index contributed by atoms with van der Waals surface area (Å²) in [6, 6.07) is 16.4. The maximum Gasteiger partial charge on any atom is 0.166 e. The number of hydrogen-bond acceptors (Lipinski definition) is 4. The van der Waals surface area contributed by atoms with E-state index in [1.165, 1.54) is 0 Å². The molecule has 2 aromatic rings. The van der Waals surface area contributed by atoms with E-state index in [1.807, 2.05) is 37.3 Å². The molecule has 4 heteroatoms. The van der Waals surface area contributed by atoms with Gasteiger partial charge in [-0.25, -0.2) is 0 Å². The zero-order valence-corrected chi connectivity index (χ0v) is 17.0. The molecule has 0 aromatic heterocycles. The van der Waals surface area contributed by atoms with Gasteiger partial charge in [-0.15, -0.1) is 0 Å². The summed E-state index contributed by atoms with van der Waals surface area (Å²) in [6.07, 6.45) is 1.15. The molecule has 0 radical (unpaired) electrons. The Morgan fingerprint density at radius 2 is 1.67 bits per heavy atom. The Morgan fingerprint density at radius 1 is 0.889 bits per heavy atom. The highest BCUT2D eigenvalue weighted by Gasteiger charge is 2.11. The molecule has 0 aliphatic heterocycles. The van der Waals surface area contributed by atoms with Crippen LogP contribution in [0.4, 0.5) is 0 Å². The lowest BCUT2D eigenvalue weighted by molar-refractivity contribution is 0.266. The molecule has 0 spiro atoms. The molecule has 2 aromatic carbocycles. The summed E-state index contributed by atoms with van der Waals surface area (Å²) < 4.78 is 12.0. The third-order valence-corrected chi connectivity index (χ3v) is 4.62. The highest BCUT2D eigenvalue weighted by molar-refractivity contribution is 5.46. The van der Waals surface area contributed by atoms with Gasteiger partial charge in [0.15, 0.2) is 11.5 Å². The van der Waals surface area contributed by atoms with E-state index in [-0.39, 0.29) is 0 Å². The third kappa shape index (κ3) is 7.24. The normalized spacial score (nSPS) is 11.0. The molecular formula is C23H34N2O2. The van der Waals surface area contributed by atoms with Crippen LogP contribution >= 0.6 is 0 Å². The van der Waals surface area contributed by atoms with Gasteiger partial charge in [-0.05, 0) is 51.2 Å². The van der Waals surface area contributed by atoms with E-state index in [2.05, 4.69) is 42.3 Å². The van der Waals surface area contributed by atoms with E-state index in [0.29, 0.717) is 13.2 Å². The number of ether oxygens (including phenoxy) is 2. The maximum absolute atomic E-state index is 6.16. The van der Waals surface area contributed by atoms with Crippen molar-refractivity contribution < 1.29 is 9.47 Å². The second kappa shape index (κ2) is 12.4. The topological polar surface area (TPSA) is 33.7 Å². The molecule has 0 aliphatic carbocycles. The minimum Gasteiger partial charge on any atom is -0.490 e. The first-order valence-electron chi connectivity index (χ1n) is 10.1. The van der Waals surface area contributed by atoms with Crippen LogP contribution in [0.25, 0.3) is 0 Å². The predicted molar refractivity (Wildman–Crippen MR) is 112 cm³/mol. The Morgan fingerprint density at radius 3 is 2.37 bits per heavy atom. The lowest BCUT2D eigenvalue weighted by Crippen LogP contribution is -2.27. The van der Waals surface area contributed by atoms with E-state index in [0.717, 1.165) is 61.8 Å². The van der Waals surface area contributed by atoms with Crippen LogP contribution < -0.4 is 14.8 Å². The van der Waals surface area contributed by atoms with Gasteiger partial charge >= 0.3 is 0 Å². The molecule has 0 atom stereocenters. The summed E-state index contributed by atoms with van der Waals surface area (Å²) >= 11 is 0. The van der Waals surface area contributed by atoms with Crippen molar-refractivity contribution in [3.63, 3.8) is 0 Å². The molecule has 0 amide bonds. The lowest BCUT2D eigenvalue weighted by Gasteiger charge is -2.18. The fourth-order valence-corrected chi connectivity index (χ4v) is 3.05. The second-order valence-corrected chi connectivity index (χ2v) is 6.51. The summed E-state index contributed by atoms with van der Waals surface area (Å²) in [7, 11) is 0.